The van der Waals surface area contributed by atoms with E-state index in [1.807, 2.05) is 13.0 Å². The van der Waals surface area contributed by atoms with Crippen LogP contribution >= 0.6 is 0 Å². The third-order valence-corrected chi connectivity index (χ3v) is 3.40. The van der Waals surface area contributed by atoms with Gasteiger partial charge in [-0.15, -0.1) is 0 Å². The van der Waals surface area contributed by atoms with Crippen molar-refractivity contribution in [2.24, 2.45) is 5.92 Å². The summed E-state index contributed by atoms with van der Waals surface area (Å²) in [5.74, 6) is 0.590. The van der Waals surface area contributed by atoms with E-state index < -0.39 is 0 Å². The van der Waals surface area contributed by atoms with Crippen LogP contribution in [0.2, 0.25) is 0 Å². The minimum Gasteiger partial charge on any atom is -0.377 e. The van der Waals surface area contributed by atoms with Crippen molar-refractivity contribution in [2.45, 2.75) is 26.4 Å². The number of nitrogens with one attached hydrogen (secondary N) is 1. The van der Waals surface area contributed by atoms with Crippen molar-refractivity contribution in [3.05, 3.63) is 35.1 Å². The minimum absolute atomic E-state index is 0.178. The first-order valence-electron chi connectivity index (χ1n) is 6.29. The Morgan fingerprint density at radius 2 is 2.35 bits per heavy atom. The number of hydrogen-bond donors (Lipinski definition) is 1. The van der Waals surface area contributed by atoms with Gasteiger partial charge in [0.2, 0.25) is 0 Å². The minimum atomic E-state index is -0.178. The molecule has 2 nitrogen and oxygen atoms in total. The van der Waals surface area contributed by atoms with Crippen LogP contribution in [0.5, 0.6) is 0 Å². The van der Waals surface area contributed by atoms with Crippen molar-refractivity contribution in [1.29, 1.82) is 0 Å². The largest absolute Gasteiger partial charge is 0.377 e. The quantitative estimate of drug-likeness (QED) is 0.795. The first kappa shape index (κ1) is 12.5. The van der Waals surface area contributed by atoms with Crippen molar-refractivity contribution < 1.29 is 9.13 Å². The highest BCUT2D eigenvalue weighted by molar-refractivity contribution is 5.25. The molecule has 1 aliphatic heterocycles. The average Bonchev–Trinajstić information content (AvgIpc) is 2.79. The Hall–Kier alpha value is -0.930. The van der Waals surface area contributed by atoms with Gasteiger partial charge in [0, 0.05) is 6.61 Å². The molecular formula is C14H20FNO. The van der Waals surface area contributed by atoms with Gasteiger partial charge in [-0.3, -0.25) is 0 Å². The van der Waals surface area contributed by atoms with Gasteiger partial charge in [-0.1, -0.05) is 6.07 Å². The van der Waals surface area contributed by atoms with Crippen LogP contribution in [-0.4, -0.2) is 19.7 Å². The van der Waals surface area contributed by atoms with Crippen LogP contribution in [0.25, 0.3) is 0 Å². The fourth-order valence-corrected chi connectivity index (χ4v) is 2.21. The molecule has 0 saturated carbocycles. The van der Waals surface area contributed by atoms with Gasteiger partial charge in [0.25, 0.3) is 0 Å². The predicted octanol–water partition coefficient (Wildman–Crippen LogP) is 2.65. The molecule has 1 aromatic rings. The van der Waals surface area contributed by atoms with Crippen molar-refractivity contribution in [3.8, 4) is 0 Å². The molecule has 0 aromatic heterocycles. The van der Waals surface area contributed by atoms with E-state index in [4.69, 9.17) is 4.74 Å². The molecule has 3 heteroatoms. The van der Waals surface area contributed by atoms with Gasteiger partial charge in [-0.25, -0.2) is 4.39 Å². The zero-order chi connectivity index (χ0) is 12.1. The van der Waals surface area contributed by atoms with Crippen LogP contribution in [0.3, 0.4) is 0 Å². The fourth-order valence-electron chi connectivity index (χ4n) is 2.21. The number of ether oxygens (including phenoxy) is 1. The van der Waals surface area contributed by atoms with Crippen molar-refractivity contribution in [1.82, 2.24) is 5.32 Å². The fraction of sp³-hybridized carbons (Fsp3) is 0.571. The summed E-state index contributed by atoms with van der Waals surface area (Å²) in [6, 6.07) is 4.86. The van der Waals surface area contributed by atoms with Crippen LogP contribution < -0.4 is 5.32 Å². The third-order valence-electron chi connectivity index (χ3n) is 3.40. The smallest absolute Gasteiger partial charge is 0.123 e. The highest BCUT2D eigenvalue weighted by Gasteiger charge is 2.13. The standard InChI is InChI=1S/C14H20FNO/c1-11-8-14(15)3-2-13(11)10-17-7-5-12-4-6-16-9-12/h2-3,8,12,16H,4-7,9-10H2,1H3. The first-order valence-corrected chi connectivity index (χ1v) is 6.29. The second-order valence-electron chi connectivity index (χ2n) is 4.77. The van der Waals surface area contributed by atoms with E-state index in [-0.39, 0.29) is 5.82 Å². The van der Waals surface area contributed by atoms with E-state index in [2.05, 4.69) is 5.32 Å². The van der Waals surface area contributed by atoms with Crippen LogP contribution in [-0.2, 0) is 11.3 Å². The molecule has 1 heterocycles. The Kier molecular flexibility index (Phi) is 4.51. The summed E-state index contributed by atoms with van der Waals surface area (Å²) in [6.07, 6.45) is 2.38. The summed E-state index contributed by atoms with van der Waals surface area (Å²) in [4.78, 5) is 0. The lowest BCUT2D eigenvalue weighted by Crippen LogP contribution is -2.10. The molecule has 94 valence electrons. The lowest BCUT2D eigenvalue weighted by atomic mass is 10.1. The molecular weight excluding hydrogens is 217 g/mol. The van der Waals surface area contributed by atoms with Gasteiger partial charge in [0.05, 0.1) is 6.61 Å². The topological polar surface area (TPSA) is 21.3 Å². The van der Waals surface area contributed by atoms with Crippen LogP contribution in [0.1, 0.15) is 24.0 Å². The van der Waals surface area contributed by atoms with Gasteiger partial charge < -0.3 is 10.1 Å². The van der Waals surface area contributed by atoms with Crippen molar-refractivity contribution >= 4 is 0 Å². The van der Waals surface area contributed by atoms with Gasteiger partial charge >= 0.3 is 0 Å². The molecule has 1 atom stereocenters. The maximum atomic E-state index is 12.9. The SMILES string of the molecule is Cc1cc(F)ccc1COCCC1CCNC1. The Labute approximate surface area is 102 Å². The second-order valence-corrected chi connectivity index (χ2v) is 4.77. The van der Waals surface area contributed by atoms with Crippen LogP contribution in [0, 0.1) is 18.7 Å². The van der Waals surface area contributed by atoms with Crippen LogP contribution in [0.4, 0.5) is 4.39 Å². The molecule has 0 radical (unpaired) electrons. The Morgan fingerprint density at radius 3 is 3.06 bits per heavy atom. The first-order chi connectivity index (χ1) is 8.25. The zero-order valence-electron chi connectivity index (χ0n) is 10.3. The molecule has 0 aliphatic carbocycles. The lowest BCUT2D eigenvalue weighted by molar-refractivity contribution is 0.108. The van der Waals surface area contributed by atoms with E-state index in [0.29, 0.717) is 6.61 Å². The predicted molar refractivity (Wildman–Crippen MR) is 66.4 cm³/mol. The summed E-state index contributed by atoms with van der Waals surface area (Å²) in [5.41, 5.74) is 2.04. The molecule has 1 saturated heterocycles. The van der Waals surface area contributed by atoms with E-state index in [0.717, 1.165) is 43.2 Å². The Bertz CT molecular complexity index is 361. The highest BCUT2D eigenvalue weighted by Crippen LogP contribution is 2.14. The molecule has 2 rings (SSSR count). The van der Waals surface area contributed by atoms with Crippen molar-refractivity contribution in [2.75, 3.05) is 19.7 Å². The molecule has 17 heavy (non-hydrogen) atoms. The van der Waals surface area contributed by atoms with Crippen molar-refractivity contribution in [3.63, 3.8) is 0 Å². The monoisotopic (exact) mass is 237 g/mol. The van der Waals surface area contributed by atoms with E-state index in [1.54, 1.807) is 6.07 Å². The maximum Gasteiger partial charge on any atom is 0.123 e. The Morgan fingerprint density at radius 1 is 1.47 bits per heavy atom. The second kappa shape index (κ2) is 6.12. The van der Waals surface area contributed by atoms with E-state index in [9.17, 15) is 4.39 Å². The number of hydrogen-bond acceptors (Lipinski definition) is 2. The molecule has 1 fully saturated rings. The zero-order valence-corrected chi connectivity index (χ0v) is 10.3. The molecule has 1 aliphatic rings. The number of aryl methyl sites for hydroxylation is 1. The van der Waals surface area contributed by atoms with Gasteiger partial charge in [-0.2, -0.15) is 0 Å². The summed E-state index contributed by atoms with van der Waals surface area (Å²) in [7, 11) is 0. The van der Waals surface area contributed by atoms with Crippen LogP contribution in [0.15, 0.2) is 18.2 Å². The summed E-state index contributed by atoms with van der Waals surface area (Å²) < 4.78 is 18.5. The normalized spacial score (nSPS) is 19.8. The lowest BCUT2D eigenvalue weighted by Gasteiger charge is -2.10. The van der Waals surface area contributed by atoms with E-state index >= 15 is 0 Å². The van der Waals surface area contributed by atoms with Gasteiger partial charge in [0.1, 0.15) is 5.82 Å². The third kappa shape index (κ3) is 3.79. The summed E-state index contributed by atoms with van der Waals surface area (Å²) in [6.45, 7) is 5.57. The molecule has 1 aromatic carbocycles. The number of rotatable bonds is 5. The molecule has 0 amide bonds. The van der Waals surface area contributed by atoms with Gasteiger partial charge in [0.15, 0.2) is 0 Å². The highest BCUT2D eigenvalue weighted by atomic mass is 19.1. The maximum absolute atomic E-state index is 12.9. The molecule has 1 N–H and O–H groups in total. The van der Waals surface area contributed by atoms with E-state index in [1.165, 1.54) is 12.5 Å². The molecule has 1 unspecified atom stereocenters. The number of halogens is 1. The number of benzene rings is 1. The molecule has 0 bridgehead atoms. The summed E-state index contributed by atoms with van der Waals surface area (Å²) >= 11 is 0. The Balaban J connectivity index is 1.70. The summed E-state index contributed by atoms with van der Waals surface area (Å²) in [5, 5.41) is 3.35. The van der Waals surface area contributed by atoms with Gasteiger partial charge in [-0.05, 0) is 62.0 Å². The molecule has 0 spiro atoms. The average molecular weight is 237 g/mol.